The molecule has 0 rings (SSSR count). The van der Waals surface area contributed by atoms with E-state index in [9.17, 15) is 14.7 Å². The maximum Gasteiger partial charge on any atom is 0.224 e. The lowest BCUT2D eigenvalue weighted by molar-refractivity contribution is -0.916. The van der Waals surface area contributed by atoms with Crippen LogP contribution in [0.5, 0.6) is 0 Å². The van der Waals surface area contributed by atoms with Gasteiger partial charge in [0.25, 0.3) is 0 Å². The van der Waals surface area contributed by atoms with E-state index in [4.69, 9.17) is 0 Å². The van der Waals surface area contributed by atoms with Crippen molar-refractivity contribution < 1.29 is 19.2 Å². The molecule has 0 bridgehead atoms. The Bertz CT molecular complexity index is 391. The van der Waals surface area contributed by atoms with Crippen LogP contribution in [0.15, 0.2) is 0 Å². The second-order valence-corrected chi connectivity index (χ2v) is 8.21. The van der Waals surface area contributed by atoms with E-state index in [0.717, 1.165) is 19.3 Å². The van der Waals surface area contributed by atoms with E-state index in [-0.39, 0.29) is 10.4 Å². The number of nitrogens with zero attached hydrogens (tertiary/aromatic N) is 1. The number of nitrogens with one attached hydrogen (secondary N) is 1. The van der Waals surface area contributed by atoms with Gasteiger partial charge in [-0.15, -0.1) is 0 Å². The first-order chi connectivity index (χ1) is 11.6. The van der Waals surface area contributed by atoms with Crippen LogP contribution in [0.1, 0.15) is 90.9 Å². The third-order valence-corrected chi connectivity index (χ3v) is 5.13. The molecule has 0 saturated carbocycles. The fraction of sp³-hybridized carbons (Fsp3) is 0.900. The molecule has 148 valence electrons. The van der Waals surface area contributed by atoms with Crippen molar-refractivity contribution in [3.05, 3.63) is 0 Å². The minimum atomic E-state index is -1.41. The van der Waals surface area contributed by atoms with Crippen molar-refractivity contribution in [3.8, 4) is 0 Å². The predicted molar refractivity (Wildman–Crippen MR) is 101 cm³/mol. The van der Waals surface area contributed by atoms with Crippen molar-refractivity contribution in [1.29, 1.82) is 0 Å². The van der Waals surface area contributed by atoms with Gasteiger partial charge in [0.15, 0.2) is 0 Å². The summed E-state index contributed by atoms with van der Waals surface area (Å²) in [6.07, 6.45) is 13.9. The van der Waals surface area contributed by atoms with Crippen molar-refractivity contribution in [3.63, 3.8) is 0 Å². The number of amides is 1. The van der Waals surface area contributed by atoms with Gasteiger partial charge in [-0.25, -0.2) is 0 Å². The fourth-order valence-corrected chi connectivity index (χ4v) is 2.78. The Hall–Kier alpha value is -1.10. The van der Waals surface area contributed by atoms with Crippen LogP contribution in [-0.2, 0) is 9.59 Å². The largest absolute Gasteiger partial charge is 0.542 e. The fourth-order valence-electron chi connectivity index (χ4n) is 2.78. The molecule has 0 aliphatic heterocycles. The average Bonchev–Trinajstić information content (AvgIpc) is 2.51. The van der Waals surface area contributed by atoms with E-state index in [0.29, 0.717) is 6.42 Å². The maximum absolute atomic E-state index is 12.1. The number of carboxylic acid groups (broad SMARTS) is 1. The number of aliphatic carboxylic acids is 1. The lowest BCUT2D eigenvalue weighted by atomic mass is 10.0. The van der Waals surface area contributed by atoms with E-state index < -0.39 is 11.6 Å². The van der Waals surface area contributed by atoms with Gasteiger partial charge >= 0.3 is 0 Å². The van der Waals surface area contributed by atoms with Gasteiger partial charge in [-0.05, 0) is 6.42 Å². The topological polar surface area (TPSA) is 69.2 Å². The molecule has 1 unspecified atom stereocenters. The van der Waals surface area contributed by atoms with Crippen LogP contribution >= 0.6 is 0 Å². The van der Waals surface area contributed by atoms with E-state index in [1.807, 2.05) is 0 Å². The molecule has 1 N–H and O–H groups in total. The zero-order valence-corrected chi connectivity index (χ0v) is 17.2. The third-order valence-electron chi connectivity index (χ3n) is 5.13. The number of carboxylic acids is 1. The highest BCUT2D eigenvalue weighted by atomic mass is 16.4. The van der Waals surface area contributed by atoms with Gasteiger partial charge in [0.1, 0.15) is 5.97 Å². The first kappa shape index (κ1) is 23.9. The Kier molecular flexibility index (Phi) is 11.7. The van der Waals surface area contributed by atoms with E-state index >= 15 is 0 Å². The molecule has 5 nitrogen and oxygen atoms in total. The van der Waals surface area contributed by atoms with Gasteiger partial charge in [-0.3, -0.25) is 10.1 Å². The molecule has 0 aromatic heterocycles. The smallest absolute Gasteiger partial charge is 0.224 e. The van der Waals surface area contributed by atoms with Crippen molar-refractivity contribution in [2.24, 2.45) is 0 Å². The maximum atomic E-state index is 12.1. The molecule has 0 aliphatic rings. The Labute approximate surface area is 154 Å². The van der Waals surface area contributed by atoms with Gasteiger partial charge in [-0.1, -0.05) is 71.1 Å². The molecule has 0 aromatic carbocycles. The third kappa shape index (κ3) is 9.83. The average molecular weight is 357 g/mol. The quantitative estimate of drug-likeness (QED) is 0.279. The Morgan fingerprint density at radius 3 is 1.60 bits per heavy atom. The molecule has 0 radical (unpaired) electrons. The van der Waals surface area contributed by atoms with E-state index in [2.05, 4.69) is 12.2 Å². The first-order valence-corrected chi connectivity index (χ1v) is 9.99. The first-order valence-electron chi connectivity index (χ1n) is 9.99. The lowest BCUT2D eigenvalue weighted by Gasteiger charge is -2.44. The highest BCUT2D eigenvalue weighted by Gasteiger charge is 2.41. The minimum Gasteiger partial charge on any atom is -0.542 e. The zero-order valence-electron chi connectivity index (χ0n) is 17.2. The van der Waals surface area contributed by atoms with Crippen molar-refractivity contribution >= 4 is 11.9 Å². The molecule has 0 saturated heterocycles. The second-order valence-electron chi connectivity index (χ2n) is 8.21. The van der Waals surface area contributed by atoms with Crippen LogP contribution < -0.4 is 10.4 Å². The van der Waals surface area contributed by atoms with E-state index in [1.54, 1.807) is 21.1 Å². The van der Waals surface area contributed by atoms with Crippen molar-refractivity contribution in [1.82, 2.24) is 5.32 Å². The molecule has 25 heavy (non-hydrogen) atoms. The SMILES string of the molecule is CCCCCCCCCCCCCC(=O)NC(C)(C(=O)[O-])[N+](C)(C)C. The number of likely N-dealkylation sites (N-methyl/N-ethyl adjacent to an activating group) is 1. The molecule has 1 amide bonds. The van der Waals surface area contributed by atoms with Gasteiger partial charge in [-0.2, -0.15) is 0 Å². The Balaban J connectivity index is 3.79. The van der Waals surface area contributed by atoms with Crippen LogP contribution in [0.2, 0.25) is 0 Å². The van der Waals surface area contributed by atoms with Crippen LogP contribution in [0, 0.1) is 0 Å². The number of hydrogen-bond donors (Lipinski definition) is 1. The summed E-state index contributed by atoms with van der Waals surface area (Å²) in [5, 5.41) is 14.1. The molecular weight excluding hydrogens is 316 g/mol. The van der Waals surface area contributed by atoms with Crippen LogP contribution in [0.25, 0.3) is 0 Å². The van der Waals surface area contributed by atoms with Crippen LogP contribution in [-0.4, -0.2) is 43.2 Å². The molecule has 0 aromatic rings. The van der Waals surface area contributed by atoms with Gasteiger partial charge in [0.2, 0.25) is 11.6 Å². The minimum absolute atomic E-state index is 0.0827. The molecular formula is C20H40N2O3. The number of carbonyl (C=O) groups is 2. The Morgan fingerprint density at radius 2 is 1.24 bits per heavy atom. The van der Waals surface area contributed by atoms with Gasteiger partial charge < -0.3 is 14.4 Å². The number of rotatable bonds is 15. The number of carbonyl (C=O) groups excluding carboxylic acids is 2. The molecule has 0 fully saturated rings. The highest BCUT2D eigenvalue weighted by molar-refractivity contribution is 5.84. The second kappa shape index (κ2) is 12.3. The summed E-state index contributed by atoms with van der Waals surface area (Å²) in [6, 6.07) is 0. The normalized spacial score (nSPS) is 14.1. The van der Waals surface area contributed by atoms with E-state index in [1.165, 1.54) is 58.3 Å². The summed E-state index contributed by atoms with van der Waals surface area (Å²) in [6.45, 7) is 3.74. The van der Waals surface area contributed by atoms with Gasteiger partial charge in [0, 0.05) is 13.3 Å². The molecule has 0 spiro atoms. The molecule has 0 aliphatic carbocycles. The van der Waals surface area contributed by atoms with Crippen LogP contribution in [0.3, 0.4) is 0 Å². The summed E-state index contributed by atoms with van der Waals surface area (Å²) in [4.78, 5) is 23.5. The monoisotopic (exact) mass is 356 g/mol. The summed E-state index contributed by atoms with van der Waals surface area (Å²) in [7, 11) is 5.20. The Morgan fingerprint density at radius 1 is 0.840 bits per heavy atom. The molecule has 5 heteroatoms. The highest BCUT2D eigenvalue weighted by Crippen LogP contribution is 2.15. The molecule has 1 atom stereocenters. The summed E-state index contributed by atoms with van der Waals surface area (Å²) >= 11 is 0. The van der Waals surface area contributed by atoms with Crippen molar-refractivity contribution in [2.45, 2.75) is 96.6 Å². The lowest BCUT2D eigenvalue weighted by Crippen LogP contribution is -2.72. The summed E-state index contributed by atoms with van der Waals surface area (Å²) in [5.41, 5.74) is -1.41. The van der Waals surface area contributed by atoms with Gasteiger partial charge in [0.05, 0.1) is 21.1 Å². The predicted octanol–water partition coefficient (Wildman–Crippen LogP) is 2.98. The number of hydrogen-bond acceptors (Lipinski definition) is 3. The number of unbranched alkanes of at least 4 members (excludes halogenated alkanes) is 10. The standard InChI is InChI=1S/C20H40N2O3/c1-6-7-8-9-10-11-12-13-14-15-16-17-18(23)21-20(2,19(24)25)22(3,4)5/h6-17H2,1-5H3,(H-,21,23,24,25). The zero-order chi connectivity index (χ0) is 19.3. The van der Waals surface area contributed by atoms with Crippen molar-refractivity contribution in [2.75, 3.05) is 21.1 Å². The summed E-state index contributed by atoms with van der Waals surface area (Å²) in [5.74, 6) is -1.47. The summed E-state index contributed by atoms with van der Waals surface area (Å²) < 4.78 is 0.0827. The molecule has 0 heterocycles. The number of quaternary nitrogens is 1. The van der Waals surface area contributed by atoms with Crippen LogP contribution in [0.4, 0.5) is 0 Å².